The van der Waals surface area contributed by atoms with Crippen LogP contribution in [0, 0.1) is 0 Å². The van der Waals surface area contributed by atoms with Crippen molar-refractivity contribution >= 4 is 83.2 Å². The predicted octanol–water partition coefficient (Wildman–Crippen LogP) is 15.6. The van der Waals surface area contributed by atoms with Crippen molar-refractivity contribution in [3.8, 4) is 5.69 Å². The summed E-state index contributed by atoms with van der Waals surface area (Å²) >= 11 is 0. The zero-order valence-corrected chi connectivity index (χ0v) is 33.9. The third-order valence-electron chi connectivity index (χ3n) is 13.2. The van der Waals surface area contributed by atoms with Crippen LogP contribution in [0.15, 0.2) is 231 Å². The third kappa shape index (κ3) is 5.26. The summed E-state index contributed by atoms with van der Waals surface area (Å²) < 4.78 is 2.46. The summed E-state index contributed by atoms with van der Waals surface area (Å²) in [6, 6.07) is 84.8. The third-order valence-corrected chi connectivity index (χ3v) is 13.2. The molecule has 2 aliphatic heterocycles. The molecule has 0 radical (unpaired) electrons. The standard InChI is InChI=1S/C58H40N4/c1-3-19-43(20-4-1)59(44-21-5-2-6-22-44)47-31-33-55-51(37-47)57-58(61(55)45-29-27-39-15-7-9-17-41(39)35-45)52-38-48(60-53-25-13-11-23-49(53)50-24-12-14-26-54(50)60)32-34-56(52)62(57)46-30-28-40-16-8-10-18-42(40)36-46/h1-38,57-58H. The summed E-state index contributed by atoms with van der Waals surface area (Å²) in [6.45, 7) is 0. The molecular formula is C58H40N4. The number of anilines is 7. The Morgan fingerprint density at radius 3 is 1.29 bits per heavy atom. The largest absolute Gasteiger partial charge is 0.331 e. The van der Waals surface area contributed by atoms with Gasteiger partial charge in [-0.05, 0) is 119 Å². The van der Waals surface area contributed by atoms with Crippen molar-refractivity contribution in [1.29, 1.82) is 0 Å². The fraction of sp³-hybridized carbons (Fsp3) is 0.0345. The highest BCUT2D eigenvalue weighted by molar-refractivity contribution is 6.09. The number of rotatable bonds is 6. The van der Waals surface area contributed by atoms with Crippen molar-refractivity contribution in [3.63, 3.8) is 0 Å². The number of nitrogens with zero attached hydrogens (tertiary/aromatic N) is 4. The van der Waals surface area contributed by atoms with Gasteiger partial charge in [0.2, 0.25) is 0 Å². The summed E-state index contributed by atoms with van der Waals surface area (Å²) in [7, 11) is 0. The van der Waals surface area contributed by atoms with Gasteiger partial charge in [-0.15, -0.1) is 0 Å². The van der Waals surface area contributed by atoms with Crippen molar-refractivity contribution < 1.29 is 0 Å². The van der Waals surface area contributed by atoms with Crippen LogP contribution in [0.1, 0.15) is 23.2 Å². The van der Waals surface area contributed by atoms with E-state index in [0.29, 0.717) is 0 Å². The second kappa shape index (κ2) is 13.7. The van der Waals surface area contributed by atoms with Gasteiger partial charge >= 0.3 is 0 Å². The number of benzene rings is 10. The Morgan fingerprint density at radius 1 is 0.306 bits per heavy atom. The Labute approximate surface area is 360 Å². The lowest BCUT2D eigenvalue weighted by Gasteiger charge is -2.30. The molecule has 4 heteroatoms. The van der Waals surface area contributed by atoms with Gasteiger partial charge < -0.3 is 19.3 Å². The lowest BCUT2D eigenvalue weighted by Crippen LogP contribution is -2.24. The zero-order chi connectivity index (χ0) is 40.7. The van der Waals surface area contributed by atoms with Crippen LogP contribution in [0.4, 0.5) is 39.8 Å². The van der Waals surface area contributed by atoms with Gasteiger partial charge in [-0.25, -0.2) is 0 Å². The van der Waals surface area contributed by atoms with Crippen LogP contribution in [-0.2, 0) is 0 Å². The molecule has 4 nitrogen and oxygen atoms in total. The van der Waals surface area contributed by atoms with E-state index in [9.17, 15) is 0 Å². The van der Waals surface area contributed by atoms with Crippen LogP contribution >= 0.6 is 0 Å². The van der Waals surface area contributed by atoms with E-state index in [1.807, 2.05) is 0 Å². The van der Waals surface area contributed by atoms with Gasteiger partial charge in [-0.1, -0.05) is 133 Å². The lowest BCUT2D eigenvalue weighted by molar-refractivity contribution is 0.634. The molecule has 0 amide bonds. The fourth-order valence-corrected chi connectivity index (χ4v) is 10.5. The maximum atomic E-state index is 2.63. The van der Waals surface area contributed by atoms with Crippen molar-refractivity contribution in [1.82, 2.24) is 4.57 Å². The van der Waals surface area contributed by atoms with Gasteiger partial charge in [0.1, 0.15) is 0 Å². The minimum Gasteiger partial charge on any atom is -0.331 e. The first kappa shape index (κ1) is 34.8. The van der Waals surface area contributed by atoms with Crippen LogP contribution in [-0.4, -0.2) is 4.57 Å². The first-order valence-electron chi connectivity index (χ1n) is 21.5. The van der Waals surface area contributed by atoms with E-state index < -0.39 is 0 Å². The predicted molar refractivity (Wildman–Crippen MR) is 260 cm³/mol. The molecule has 2 atom stereocenters. The monoisotopic (exact) mass is 792 g/mol. The molecule has 3 heterocycles. The first-order chi connectivity index (χ1) is 30.8. The topological polar surface area (TPSA) is 14.7 Å². The summed E-state index contributed by atoms with van der Waals surface area (Å²) in [5.74, 6) is 0. The fourth-order valence-electron chi connectivity index (χ4n) is 10.5. The number of hydrogen-bond acceptors (Lipinski definition) is 3. The Bertz CT molecular complexity index is 3430. The second-order valence-electron chi connectivity index (χ2n) is 16.6. The second-order valence-corrected chi connectivity index (χ2v) is 16.6. The molecule has 10 aromatic carbocycles. The molecule has 0 bridgehead atoms. The molecule has 0 aliphatic carbocycles. The minimum absolute atomic E-state index is 0.0298. The Kier molecular flexibility index (Phi) is 7.70. The Morgan fingerprint density at radius 2 is 0.742 bits per heavy atom. The van der Waals surface area contributed by atoms with Gasteiger partial charge in [-0.2, -0.15) is 0 Å². The summed E-state index contributed by atoms with van der Waals surface area (Å²) in [4.78, 5) is 7.64. The van der Waals surface area contributed by atoms with Crippen LogP contribution in [0.25, 0.3) is 49.0 Å². The summed E-state index contributed by atoms with van der Waals surface area (Å²) in [5, 5.41) is 7.46. The lowest BCUT2D eigenvalue weighted by atomic mass is 9.99. The van der Waals surface area contributed by atoms with Gasteiger partial charge in [-0.3, -0.25) is 0 Å². The smallest absolute Gasteiger partial charge is 0.0862 e. The van der Waals surface area contributed by atoms with E-state index in [0.717, 1.165) is 22.7 Å². The van der Waals surface area contributed by atoms with Gasteiger partial charge in [0.15, 0.2) is 0 Å². The van der Waals surface area contributed by atoms with E-state index in [-0.39, 0.29) is 12.1 Å². The number of aromatic nitrogens is 1. The van der Waals surface area contributed by atoms with Crippen molar-refractivity contribution in [2.24, 2.45) is 0 Å². The minimum atomic E-state index is -0.0330. The number of fused-ring (bicyclic) bond motifs is 10. The zero-order valence-electron chi connectivity index (χ0n) is 33.9. The van der Waals surface area contributed by atoms with Gasteiger partial charge in [0, 0.05) is 67.4 Å². The Balaban J connectivity index is 1.08. The average Bonchev–Trinajstić information content (AvgIpc) is 3.97. The van der Waals surface area contributed by atoms with E-state index in [4.69, 9.17) is 0 Å². The Hall–Kier alpha value is -8.08. The van der Waals surface area contributed by atoms with Gasteiger partial charge in [0.25, 0.3) is 0 Å². The van der Waals surface area contributed by atoms with Crippen LogP contribution in [0.2, 0.25) is 0 Å². The van der Waals surface area contributed by atoms with Crippen LogP contribution < -0.4 is 14.7 Å². The highest BCUT2D eigenvalue weighted by Crippen LogP contribution is 2.63. The molecule has 0 saturated carbocycles. The number of para-hydroxylation sites is 4. The maximum absolute atomic E-state index is 2.63. The molecule has 2 unspecified atom stereocenters. The normalized spacial score (nSPS) is 15.4. The molecule has 292 valence electrons. The molecule has 0 spiro atoms. The van der Waals surface area contributed by atoms with E-state index in [1.54, 1.807) is 0 Å². The van der Waals surface area contributed by atoms with Crippen molar-refractivity contribution in [3.05, 3.63) is 242 Å². The highest BCUT2D eigenvalue weighted by Gasteiger charge is 2.50. The van der Waals surface area contributed by atoms with Gasteiger partial charge in [0.05, 0.1) is 23.1 Å². The van der Waals surface area contributed by atoms with E-state index in [2.05, 4.69) is 250 Å². The quantitative estimate of drug-likeness (QED) is 0.167. The molecule has 62 heavy (non-hydrogen) atoms. The number of hydrogen-bond donors (Lipinski definition) is 0. The van der Waals surface area contributed by atoms with Crippen LogP contribution in [0.5, 0.6) is 0 Å². The maximum Gasteiger partial charge on any atom is 0.0862 e. The SMILES string of the molecule is c1ccc(N(c2ccccc2)c2ccc3c(c2)C2C(c4cc(-n5c6ccccc6c6ccccc65)ccc4N2c2ccc4ccccc4c2)N3c2ccc3ccccc3c2)cc1. The molecule has 2 aliphatic rings. The molecule has 0 fully saturated rings. The van der Waals surface area contributed by atoms with E-state index >= 15 is 0 Å². The highest BCUT2D eigenvalue weighted by atomic mass is 15.3. The summed E-state index contributed by atoms with van der Waals surface area (Å²) in [5.41, 5.74) is 14.4. The average molecular weight is 793 g/mol. The first-order valence-corrected chi connectivity index (χ1v) is 21.5. The van der Waals surface area contributed by atoms with Crippen molar-refractivity contribution in [2.75, 3.05) is 14.7 Å². The van der Waals surface area contributed by atoms with Crippen molar-refractivity contribution in [2.45, 2.75) is 12.1 Å². The molecule has 0 saturated heterocycles. The van der Waals surface area contributed by atoms with E-state index in [1.165, 1.54) is 77.2 Å². The molecular weight excluding hydrogens is 753 g/mol. The molecule has 11 aromatic rings. The summed E-state index contributed by atoms with van der Waals surface area (Å²) in [6.07, 6.45) is 0. The molecule has 0 N–H and O–H groups in total. The molecule has 1 aromatic heterocycles. The van der Waals surface area contributed by atoms with Crippen LogP contribution in [0.3, 0.4) is 0 Å². The molecule has 13 rings (SSSR count).